The summed E-state index contributed by atoms with van der Waals surface area (Å²) in [6.07, 6.45) is 0.979. The highest BCUT2D eigenvalue weighted by Gasteiger charge is 2.27. The number of nitrogens with one attached hydrogen (secondary N) is 3. The maximum Gasteiger partial charge on any atom is 0.326 e. The van der Waals surface area contributed by atoms with Crippen molar-refractivity contribution >= 4 is 35.0 Å². The molecule has 9 heteroatoms. The topological polar surface area (TPSA) is 114 Å². The third kappa shape index (κ3) is 5.99. The Kier molecular flexibility index (Phi) is 6.30. The van der Waals surface area contributed by atoms with Gasteiger partial charge < -0.3 is 20.7 Å². The predicted octanol–water partition coefficient (Wildman–Crippen LogP) is -0.196. The average molecular weight is 353 g/mol. The second-order valence-electron chi connectivity index (χ2n) is 5.35. The summed E-state index contributed by atoms with van der Waals surface area (Å²) in [6, 6.07) is 3.56. The molecule has 0 spiro atoms. The lowest BCUT2D eigenvalue weighted by atomic mass is 10.3. The lowest BCUT2D eigenvalue weighted by Crippen LogP contribution is -2.41. The van der Waals surface area contributed by atoms with Gasteiger partial charge in [0.15, 0.2) is 6.10 Å². The van der Waals surface area contributed by atoms with Gasteiger partial charge in [-0.2, -0.15) is 0 Å². The molecule has 1 heterocycles. The van der Waals surface area contributed by atoms with Crippen LogP contribution in [0.3, 0.4) is 0 Å². The molecule has 24 heavy (non-hydrogen) atoms. The summed E-state index contributed by atoms with van der Waals surface area (Å²) in [5.74, 6) is -1.94. The van der Waals surface area contributed by atoms with E-state index in [2.05, 4.69) is 16.0 Å². The fourth-order valence-electron chi connectivity index (χ4n) is 1.73. The van der Waals surface area contributed by atoms with Crippen molar-refractivity contribution in [2.24, 2.45) is 0 Å². The molecule has 3 N–H and O–H groups in total. The van der Waals surface area contributed by atoms with E-state index in [1.807, 2.05) is 0 Å². The Hall–Kier alpha value is -2.42. The van der Waals surface area contributed by atoms with E-state index in [1.54, 1.807) is 17.5 Å². The molecule has 130 valence electrons. The molecule has 1 aromatic heterocycles. The van der Waals surface area contributed by atoms with Gasteiger partial charge in [-0.15, -0.1) is 11.3 Å². The van der Waals surface area contributed by atoms with Crippen LogP contribution < -0.4 is 16.0 Å². The first kappa shape index (κ1) is 17.9. The molecule has 2 rings (SSSR count). The van der Waals surface area contributed by atoms with Crippen LogP contribution in [-0.4, -0.2) is 48.9 Å². The molecule has 0 bridgehead atoms. The summed E-state index contributed by atoms with van der Waals surface area (Å²) in [5, 5.41) is 9.24. The Morgan fingerprint density at radius 3 is 2.62 bits per heavy atom. The summed E-state index contributed by atoms with van der Waals surface area (Å²) in [5.41, 5.74) is 0. The van der Waals surface area contributed by atoms with Crippen LogP contribution in [0.15, 0.2) is 17.5 Å². The Bertz CT molecular complexity index is 613. The number of thiophene rings is 1. The number of amides is 3. The third-order valence-corrected chi connectivity index (χ3v) is 4.05. The van der Waals surface area contributed by atoms with Crippen molar-refractivity contribution in [3.05, 3.63) is 22.4 Å². The zero-order valence-electron chi connectivity index (χ0n) is 13.2. The third-order valence-electron chi connectivity index (χ3n) is 3.19. The van der Waals surface area contributed by atoms with Gasteiger partial charge in [0.25, 0.3) is 11.8 Å². The van der Waals surface area contributed by atoms with E-state index in [-0.39, 0.29) is 30.9 Å². The molecular formula is C15H19N3O5S. The van der Waals surface area contributed by atoms with Gasteiger partial charge in [0.1, 0.15) is 6.54 Å². The lowest BCUT2D eigenvalue weighted by Gasteiger charge is -2.13. The van der Waals surface area contributed by atoms with E-state index in [0.717, 1.165) is 12.8 Å². The maximum absolute atomic E-state index is 11.6. The molecule has 1 aliphatic rings. The molecule has 0 saturated heterocycles. The number of rotatable bonds is 8. The van der Waals surface area contributed by atoms with Crippen LogP contribution in [0.5, 0.6) is 0 Å². The zero-order valence-corrected chi connectivity index (χ0v) is 14.0. The highest BCUT2D eigenvalue weighted by Crippen LogP contribution is 2.18. The number of esters is 1. The Labute approximate surface area is 142 Å². The average Bonchev–Trinajstić information content (AvgIpc) is 3.19. The van der Waals surface area contributed by atoms with Gasteiger partial charge in [-0.25, -0.2) is 0 Å². The molecule has 1 aliphatic carbocycles. The molecular weight excluding hydrogens is 334 g/mol. The van der Waals surface area contributed by atoms with E-state index in [4.69, 9.17) is 4.74 Å². The number of carbonyl (C=O) groups is 4. The van der Waals surface area contributed by atoms with Gasteiger partial charge in [-0.1, -0.05) is 6.07 Å². The van der Waals surface area contributed by atoms with E-state index < -0.39 is 18.0 Å². The molecule has 8 nitrogen and oxygen atoms in total. The van der Waals surface area contributed by atoms with Crippen molar-refractivity contribution in [2.45, 2.75) is 31.9 Å². The molecule has 3 amide bonds. The van der Waals surface area contributed by atoms with Crippen LogP contribution in [0, 0.1) is 0 Å². The Morgan fingerprint density at radius 1 is 1.25 bits per heavy atom. The molecule has 0 unspecified atom stereocenters. The second-order valence-corrected chi connectivity index (χ2v) is 6.30. The van der Waals surface area contributed by atoms with Gasteiger partial charge in [-0.3, -0.25) is 19.2 Å². The number of carbonyl (C=O) groups excluding carboxylic acids is 4. The Morgan fingerprint density at radius 2 is 2.00 bits per heavy atom. The van der Waals surface area contributed by atoms with E-state index >= 15 is 0 Å². The highest BCUT2D eigenvalue weighted by atomic mass is 32.1. The largest absolute Gasteiger partial charge is 0.451 e. The second kappa shape index (κ2) is 8.44. The summed E-state index contributed by atoms with van der Waals surface area (Å²) in [6.45, 7) is 0.856. The molecule has 1 fully saturated rings. The smallest absolute Gasteiger partial charge is 0.326 e. The molecule has 0 aromatic carbocycles. The van der Waals surface area contributed by atoms with Gasteiger partial charge in [-0.05, 0) is 31.2 Å². The molecule has 1 aromatic rings. The van der Waals surface area contributed by atoms with Crippen LogP contribution >= 0.6 is 11.3 Å². The number of hydrogen-bond donors (Lipinski definition) is 3. The quantitative estimate of drug-likeness (QED) is 0.560. The summed E-state index contributed by atoms with van der Waals surface area (Å²) in [4.78, 5) is 46.9. The first-order valence-corrected chi connectivity index (χ1v) is 8.42. The van der Waals surface area contributed by atoms with Crippen molar-refractivity contribution in [1.29, 1.82) is 0 Å². The van der Waals surface area contributed by atoms with Crippen molar-refractivity contribution < 1.29 is 23.9 Å². The molecule has 0 radical (unpaired) electrons. The first-order valence-electron chi connectivity index (χ1n) is 7.54. The SMILES string of the molecule is C[C@H](OC(=O)CNC(=O)CNC(=O)c1cccs1)C(=O)NC1CC1. The predicted molar refractivity (Wildman–Crippen MR) is 86.4 cm³/mol. The van der Waals surface area contributed by atoms with Crippen molar-refractivity contribution in [1.82, 2.24) is 16.0 Å². The van der Waals surface area contributed by atoms with Crippen LogP contribution in [0.2, 0.25) is 0 Å². The van der Waals surface area contributed by atoms with Gasteiger partial charge in [0, 0.05) is 6.04 Å². The standard InChI is InChI=1S/C15H19N3O5S/c1-9(14(21)18-10-4-5-10)23-13(20)8-16-12(19)7-17-15(22)11-3-2-6-24-11/h2-3,6,9-10H,4-5,7-8H2,1H3,(H,16,19)(H,17,22)(H,18,21)/t9-/m0/s1. The van der Waals surface area contributed by atoms with Crippen LogP contribution in [0.1, 0.15) is 29.4 Å². The van der Waals surface area contributed by atoms with Crippen molar-refractivity contribution in [3.8, 4) is 0 Å². The van der Waals surface area contributed by atoms with Gasteiger partial charge >= 0.3 is 5.97 Å². The summed E-state index contributed by atoms with van der Waals surface area (Å²) >= 11 is 1.26. The molecule has 1 atom stereocenters. The fraction of sp³-hybridized carbons (Fsp3) is 0.467. The minimum atomic E-state index is -0.909. The highest BCUT2D eigenvalue weighted by molar-refractivity contribution is 7.12. The van der Waals surface area contributed by atoms with Gasteiger partial charge in [0.2, 0.25) is 5.91 Å². The minimum Gasteiger partial charge on any atom is -0.451 e. The normalized spacial score (nSPS) is 14.4. The van der Waals surface area contributed by atoms with E-state index in [1.165, 1.54) is 18.3 Å². The van der Waals surface area contributed by atoms with Crippen molar-refractivity contribution in [3.63, 3.8) is 0 Å². The summed E-state index contributed by atoms with van der Waals surface area (Å²) in [7, 11) is 0. The van der Waals surface area contributed by atoms with Crippen molar-refractivity contribution in [2.75, 3.05) is 13.1 Å². The number of ether oxygens (including phenoxy) is 1. The zero-order chi connectivity index (χ0) is 17.5. The molecule has 0 aliphatic heterocycles. The first-order chi connectivity index (χ1) is 11.5. The number of hydrogen-bond acceptors (Lipinski definition) is 6. The Balaban J connectivity index is 1.60. The maximum atomic E-state index is 11.6. The fourth-order valence-corrected chi connectivity index (χ4v) is 2.37. The van der Waals surface area contributed by atoms with E-state index in [0.29, 0.717) is 4.88 Å². The molecule has 1 saturated carbocycles. The van der Waals surface area contributed by atoms with Crippen LogP contribution in [0.4, 0.5) is 0 Å². The minimum absolute atomic E-state index is 0.185. The summed E-state index contributed by atoms with van der Waals surface area (Å²) < 4.78 is 4.92. The lowest BCUT2D eigenvalue weighted by molar-refractivity contribution is -0.154. The van der Waals surface area contributed by atoms with Crippen LogP contribution in [0.25, 0.3) is 0 Å². The van der Waals surface area contributed by atoms with Gasteiger partial charge in [0.05, 0.1) is 11.4 Å². The van der Waals surface area contributed by atoms with Crippen LogP contribution in [-0.2, 0) is 19.1 Å². The van der Waals surface area contributed by atoms with E-state index in [9.17, 15) is 19.2 Å². The monoisotopic (exact) mass is 353 g/mol.